The van der Waals surface area contributed by atoms with Crippen LogP contribution in [-0.4, -0.2) is 6.04 Å². The van der Waals surface area contributed by atoms with E-state index in [9.17, 15) is 0 Å². The number of para-hydroxylation sites is 1. The number of hydrogen-bond donors (Lipinski definition) is 0. The van der Waals surface area contributed by atoms with Crippen LogP contribution in [-0.2, 0) is 5.41 Å². The summed E-state index contributed by atoms with van der Waals surface area (Å²) in [6.45, 7) is 0. The summed E-state index contributed by atoms with van der Waals surface area (Å²) in [5, 5.41) is 0. The predicted molar refractivity (Wildman–Crippen MR) is 263 cm³/mol. The lowest BCUT2D eigenvalue weighted by molar-refractivity contribution is 0.457. The maximum Gasteiger partial charge on any atom is 0.0629 e. The lowest BCUT2D eigenvalue weighted by Gasteiger charge is -2.39. The molecule has 0 saturated carbocycles. The van der Waals surface area contributed by atoms with E-state index in [0.29, 0.717) is 5.92 Å². The van der Waals surface area contributed by atoms with Gasteiger partial charge in [-0.25, -0.2) is 0 Å². The van der Waals surface area contributed by atoms with Gasteiger partial charge in [-0.3, -0.25) is 0 Å². The van der Waals surface area contributed by atoms with Crippen molar-refractivity contribution in [1.29, 1.82) is 0 Å². The summed E-state index contributed by atoms with van der Waals surface area (Å²) >= 11 is 0. The van der Waals surface area contributed by atoms with Gasteiger partial charge in [0.15, 0.2) is 0 Å². The van der Waals surface area contributed by atoms with E-state index in [2.05, 4.69) is 265 Å². The average Bonchev–Trinajstić information content (AvgIpc) is 3.86. The molecule has 4 aliphatic rings. The smallest absolute Gasteiger partial charge is 0.0629 e. The van der Waals surface area contributed by atoms with Gasteiger partial charge in [0.1, 0.15) is 0 Å². The first-order chi connectivity index (χ1) is 31.3. The molecular weight excluding hydrogens is 761 g/mol. The number of fused-ring (bicyclic) bond motifs is 6. The fourth-order valence-electron chi connectivity index (χ4n) is 11.2. The molecule has 0 radical (unpaired) electrons. The van der Waals surface area contributed by atoms with Crippen molar-refractivity contribution in [2.24, 2.45) is 5.92 Å². The second-order valence-corrected chi connectivity index (χ2v) is 17.2. The maximum atomic E-state index is 2.50. The Morgan fingerprint density at radius 2 is 0.889 bits per heavy atom. The molecule has 12 rings (SSSR count). The molecule has 0 amide bonds. The lowest BCUT2D eigenvalue weighted by atomic mass is 9.63. The van der Waals surface area contributed by atoms with Crippen LogP contribution in [0.4, 0.5) is 28.4 Å². The van der Waals surface area contributed by atoms with E-state index in [1.807, 2.05) is 0 Å². The number of rotatable bonds is 8. The molecule has 8 aromatic carbocycles. The van der Waals surface area contributed by atoms with Gasteiger partial charge in [0.2, 0.25) is 0 Å². The van der Waals surface area contributed by atoms with E-state index in [-0.39, 0.29) is 23.3 Å². The molecule has 3 aliphatic carbocycles. The number of hydrogen-bond acceptors (Lipinski definition) is 2. The zero-order valence-corrected chi connectivity index (χ0v) is 35.0. The molecule has 4 unspecified atom stereocenters. The summed E-state index contributed by atoms with van der Waals surface area (Å²) in [4.78, 5) is 4.94. The number of anilines is 5. The molecule has 0 aromatic heterocycles. The predicted octanol–water partition coefficient (Wildman–Crippen LogP) is 15.4. The van der Waals surface area contributed by atoms with E-state index in [1.54, 1.807) is 0 Å². The van der Waals surface area contributed by atoms with Crippen molar-refractivity contribution in [2.75, 3.05) is 9.80 Å². The van der Waals surface area contributed by atoms with Crippen molar-refractivity contribution in [2.45, 2.75) is 23.3 Å². The molecule has 0 bridgehead atoms. The Bertz CT molecular complexity index is 3010. The number of allylic oxidation sites excluding steroid dienone is 6. The zero-order valence-electron chi connectivity index (χ0n) is 35.0. The van der Waals surface area contributed by atoms with Crippen LogP contribution in [0.5, 0.6) is 0 Å². The maximum absolute atomic E-state index is 2.50. The molecule has 2 nitrogen and oxygen atoms in total. The molecule has 8 aromatic rings. The first-order valence-electron chi connectivity index (χ1n) is 22.3. The van der Waals surface area contributed by atoms with Crippen LogP contribution in [0.1, 0.15) is 39.7 Å². The summed E-state index contributed by atoms with van der Waals surface area (Å²) in [5.74, 6) is 0.796. The molecule has 4 atom stereocenters. The highest BCUT2D eigenvalue weighted by Crippen LogP contribution is 2.60. The van der Waals surface area contributed by atoms with E-state index in [1.165, 1.54) is 61.4 Å². The average molecular weight is 807 g/mol. The van der Waals surface area contributed by atoms with Gasteiger partial charge >= 0.3 is 0 Å². The van der Waals surface area contributed by atoms with Gasteiger partial charge < -0.3 is 9.80 Å². The van der Waals surface area contributed by atoms with Crippen LogP contribution in [0.25, 0.3) is 22.3 Å². The highest BCUT2D eigenvalue weighted by molar-refractivity contribution is 5.83. The van der Waals surface area contributed by atoms with Crippen LogP contribution >= 0.6 is 0 Å². The van der Waals surface area contributed by atoms with Crippen molar-refractivity contribution in [3.05, 3.63) is 283 Å². The minimum Gasteiger partial charge on any atom is -0.333 e. The zero-order chi connectivity index (χ0) is 41.7. The highest BCUT2D eigenvalue weighted by Gasteiger charge is 2.53. The van der Waals surface area contributed by atoms with Crippen LogP contribution in [0.2, 0.25) is 0 Å². The van der Waals surface area contributed by atoms with Gasteiger partial charge in [0, 0.05) is 46.2 Å². The van der Waals surface area contributed by atoms with Gasteiger partial charge in [-0.05, 0) is 111 Å². The highest BCUT2D eigenvalue weighted by atomic mass is 15.2. The Balaban J connectivity index is 0.986. The second-order valence-electron chi connectivity index (χ2n) is 17.2. The van der Waals surface area contributed by atoms with Gasteiger partial charge in [-0.15, -0.1) is 0 Å². The van der Waals surface area contributed by atoms with Crippen molar-refractivity contribution in [1.82, 2.24) is 0 Å². The molecule has 0 spiro atoms. The fraction of sp³-hybridized carbons (Fsp3) is 0.0820. The number of benzene rings is 8. The van der Waals surface area contributed by atoms with Crippen molar-refractivity contribution >= 4 is 28.4 Å². The number of nitrogens with zero attached hydrogens (tertiary/aromatic N) is 2. The Morgan fingerprint density at radius 3 is 1.54 bits per heavy atom. The molecule has 0 fully saturated rings. The largest absolute Gasteiger partial charge is 0.333 e. The van der Waals surface area contributed by atoms with Gasteiger partial charge in [-0.2, -0.15) is 0 Å². The van der Waals surface area contributed by atoms with Gasteiger partial charge in [-0.1, -0.05) is 194 Å². The van der Waals surface area contributed by atoms with E-state index in [4.69, 9.17) is 0 Å². The minimum atomic E-state index is -0.377. The van der Waals surface area contributed by atoms with Crippen molar-refractivity contribution in [3.63, 3.8) is 0 Å². The Morgan fingerprint density at radius 1 is 0.381 bits per heavy atom. The first kappa shape index (κ1) is 37.1. The van der Waals surface area contributed by atoms with E-state index < -0.39 is 0 Å². The third-order valence-electron chi connectivity index (χ3n) is 13.9. The third-order valence-corrected chi connectivity index (χ3v) is 13.9. The fourth-order valence-corrected chi connectivity index (χ4v) is 11.2. The molecule has 0 saturated heterocycles. The van der Waals surface area contributed by atoms with Gasteiger partial charge in [0.05, 0.1) is 11.5 Å². The standard InChI is InChI=1S/C61H46N2/c1-5-17-43(18-6-1)44-29-34-50(35-30-44)62(51-36-31-45(32-37-51)46-33-40-60-56(41-46)55-26-14-16-28-59(55)63(60)49-23-11-4-12-24-49)52-38-39-54-53-25-13-15-27-57(53)61(58(54)42-52,47-19-7-2-8-20-47)48-21-9-3-10-22-48/h1-42,53,55,57,59H. The SMILES string of the molecule is C1=CC2c3cc(-c4ccc(N(c5ccc(-c6ccccc6)cc5)c5ccc6c(c5)C(c5ccccc5)(c5ccccc5)C5C=CC=CC65)cc4)ccc3N(c3ccccc3)C2C=C1. The first-order valence-corrected chi connectivity index (χ1v) is 22.3. The van der Waals surface area contributed by atoms with Crippen LogP contribution in [0.15, 0.2) is 255 Å². The summed E-state index contributed by atoms with van der Waals surface area (Å²) in [7, 11) is 0. The Kier molecular flexibility index (Phi) is 9.04. The van der Waals surface area contributed by atoms with Crippen LogP contribution in [0.3, 0.4) is 0 Å². The van der Waals surface area contributed by atoms with Crippen molar-refractivity contribution < 1.29 is 0 Å². The van der Waals surface area contributed by atoms with Crippen LogP contribution < -0.4 is 9.80 Å². The monoisotopic (exact) mass is 806 g/mol. The van der Waals surface area contributed by atoms with Gasteiger partial charge in [0.25, 0.3) is 0 Å². The summed E-state index contributed by atoms with van der Waals surface area (Å²) < 4.78 is 0. The molecule has 63 heavy (non-hydrogen) atoms. The minimum absolute atomic E-state index is 0.234. The molecule has 2 heteroatoms. The normalized spacial score (nSPS) is 19.6. The Labute approximate surface area is 370 Å². The third kappa shape index (κ3) is 6.09. The molecule has 1 heterocycles. The van der Waals surface area contributed by atoms with E-state index >= 15 is 0 Å². The topological polar surface area (TPSA) is 6.48 Å². The molecule has 0 N–H and O–H groups in total. The van der Waals surface area contributed by atoms with E-state index in [0.717, 1.165) is 17.1 Å². The summed E-state index contributed by atoms with van der Waals surface area (Å²) in [6, 6.07) is 76.7. The second kappa shape index (κ2) is 15.3. The van der Waals surface area contributed by atoms with Crippen molar-refractivity contribution in [3.8, 4) is 22.3 Å². The Hall–Kier alpha value is -7.68. The summed E-state index contributed by atoms with van der Waals surface area (Å²) in [6.07, 6.45) is 18.4. The molecule has 300 valence electrons. The summed E-state index contributed by atoms with van der Waals surface area (Å²) in [5.41, 5.74) is 17.1. The quantitative estimate of drug-likeness (QED) is 0.151. The molecule has 1 aliphatic heterocycles. The molecular formula is C61H46N2. The van der Waals surface area contributed by atoms with Crippen LogP contribution in [0, 0.1) is 5.92 Å². The lowest BCUT2D eigenvalue weighted by Crippen LogP contribution is -2.35.